The van der Waals surface area contributed by atoms with E-state index in [-0.39, 0.29) is 11.3 Å². The van der Waals surface area contributed by atoms with Crippen LogP contribution in [0.25, 0.3) is 22.2 Å². The van der Waals surface area contributed by atoms with Gasteiger partial charge in [0.15, 0.2) is 0 Å². The van der Waals surface area contributed by atoms with Crippen molar-refractivity contribution in [3.63, 3.8) is 0 Å². The number of aromatic nitrogens is 3. The molecule has 1 aliphatic rings. The van der Waals surface area contributed by atoms with Crippen molar-refractivity contribution in [3.8, 4) is 11.3 Å². The van der Waals surface area contributed by atoms with Gasteiger partial charge in [0, 0.05) is 41.8 Å². The van der Waals surface area contributed by atoms with Gasteiger partial charge in [0.2, 0.25) is 0 Å². The molecule has 11 heteroatoms. The van der Waals surface area contributed by atoms with Crippen molar-refractivity contribution >= 4 is 22.4 Å². The van der Waals surface area contributed by atoms with E-state index in [1.54, 1.807) is 12.1 Å². The fourth-order valence-electron chi connectivity index (χ4n) is 5.01. The maximum Gasteiger partial charge on any atom is 0.418 e. The van der Waals surface area contributed by atoms with Crippen molar-refractivity contribution in [1.29, 1.82) is 0 Å². The van der Waals surface area contributed by atoms with E-state index >= 15 is 0 Å². The lowest BCUT2D eigenvalue weighted by molar-refractivity contribution is -0.138. The zero-order chi connectivity index (χ0) is 28.5. The maximum absolute atomic E-state index is 13.7. The van der Waals surface area contributed by atoms with Gasteiger partial charge in [-0.05, 0) is 74.8 Å². The number of anilines is 2. The van der Waals surface area contributed by atoms with Crippen molar-refractivity contribution < 1.29 is 26.3 Å². The van der Waals surface area contributed by atoms with E-state index in [1.165, 1.54) is 36.9 Å². The lowest BCUT2D eigenvalue weighted by Gasteiger charge is -2.33. The van der Waals surface area contributed by atoms with Crippen LogP contribution in [-0.2, 0) is 18.8 Å². The number of pyridine rings is 1. The highest BCUT2D eigenvalue weighted by molar-refractivity contribution is 5.93. The molecule has 40 heavy (non-hydrogen) atoms. The molecule has 2 aromatic carbocycles. The summed E-state index contributed by atoms with van der Waals surface area (Å²) in [6.45, 7) is 3.86. The molecule has 0 aliphatic carbocycles. The SMILES string of the molecule is CC1CCCCN1CCc1nc(Nc2ccc(C(F)(F)F)cc2)c2ccc(-c3ncccc3C(F)(F)F)cc2n1. The van der Waals surface area contributed by atoms with Gasteiger partial charge in [-0.3, -0.25) is 4.98 Å². The standard InChI is InChI=1S/C29H27F6N5/c1-18-5-2-3-15-40(18)16-13-25-38-24-17-19(26-23(29(33,34)35)6-4-14-36-26)7-12-22(24)27(39-25)37-21-10-8-20(9-11-21)28(30,31)32/h4,6-12,14,17-18H,2-3,5,13,15-16H2,1H3,(H,37,38,39). The van der Waals surface area contributed by atoms with Crippen LogP contribution in [0.3, 0.4) is 0 Å². The zero-order valence-electron chi connectivity index (χ0n) is 21.7. The van der Waals surface area contributed by atoms with E-state index < -0.39 is 23.5 Å². The Bertz CT molecular complexity index is 1480. The maximum atomic E-state index is 13.7. The number of fused-ring (bicyclic) bond motifs is 1. The van der Waals surface area contributed by atoms with E-state index in [0.717, 1.165) is 37.6 Å². The summed E-state index contributed by atoms with van der Waals surface area (Å²) in [5.41, 5.74) is -0.806. The number of nitrogens with one attached hydrogen (secondary N) is 1. The largest absolute Gasteiger partial charge is 0.418 e. The summed E-state index contributed by atoms with van der Waals surface area (Å²) in [6.07, 6.45) is -3.85. The number of rotatable bonds is 6. The first-order valence-electron chi connectivity index (χ1n) is 13.0. The highest BCUT2D eigenvalue weighted by atomic mass is 19.4. The van der Waals surface area contributed by atoms with Crippen LogP contribution in [0, 0.1) is 0 Å². The van der Waals surface area contributed by atoms with Crippen LogP contribution in [0.2, 0.25) is 0 Å². The second-order valence-corrected chi connectivity index (χ2v) is 9.95. The molecule has 0 bridgehead atoms. The second-order valence-electron chi connectivity index (χ2n) is 9.95. The zero-order valence-corrected chi connectivity index (χ0v) is 21.7. The monoisotopic (exact) mass is 559 g/mol. The molecule has 2 aromatic heterocycles. The van der Waals surface area contributed by atoms with Crippen molar-refractivity contribution in [3.05, 3.63) is 77.7 Å². The molecular weight excluding hydrogens is 532 g/mol. The first kappa shape index (κ1) is 27.8. The Kier molecular flexibility index (Phi) is 7.67. The van der Waals surface area contributed by atoms with E-state index in [2.05, 4.69) is 32.1 Å². The molecule has 0 spiro atoms. The summed E-state index contributed by atoms with van der Waals surface area (Å²) >= 11 is 0. The number of nitrogens with zero attached hydrogens (tertiary/aromatic N) is 4. The van der Waals surface area contributed by atoms with Crippen LogP contribution < -0.4 is 5.32 Å². The van der Waals surface area contributed by atoms with Gasteiger partial charge in [0.1, 0.15) is 11.6 Å². The Morgan fingerprint density at radius 3 is 2.40 bits per heavy atom. The molecule has 0 saturated carbocycles. The smallest absolute Gasteiger partial charge is 0.340 e. The molecule has 1 fully saturated rings. The third-order valence-corrected chi connectivity index (χ3v) is 7.17. The van der Waals surface area contributed by atoms with Gasteiger partial charge in [0.05, 0.1) is 22.3 Å². The number of halogens is 6. The first-order chi connectivity index (χ1) is 19.0. The minimum absolute atomic E-state index is 0.212. The molecular formula is C29H27F6N5. The molecule has 0 radical (unpaired) electrons. The first-order valence-corrected chi connectivity index (χ1v) is 13.0. The lowest BCUT2D eigenvalue weighted by atomic mass is 10.0. The average molecular weight is 560 g/mol. The molecule has 1 unspecified atom stereocenters. The van der Waals surface area contributed by atoms with Crippen molar-refractivity contribution in [1.82, 2.24) is 19.9 Å². The molecule has 210 valence electrons. The van der Waals surface area contributed by atoms with Crippen LogP contribution in [0.1, 0.15) is 43.1 Å². The van der Waals surface area contributed by atoms with Crippen molar-refractivity contribution in [2.75, 3.05) is 18.4 Å². The van der Waals surface area contributed by atoms with E-state index in [0.29, 0.717) is 47.2 Å². The Balaban J connectivity index is 1.54. The predicted molar refractivity (Wildman–Crippen MR) is 141 cm³/mol. The van der Waals surface area contributed by atoms with Gasteiger partial charge in [0.25, 0.3) is 0 Å². The summed E-state index contributed by atoms with van der Waals surface area (Å²) in [6, 6.07) is 11.9. The summed E-state index contributed by atoms with van der Waals surface area (Å²) in [4.78, 5) is 15.7. The topological polar surface area (TPSA) is 53.9 Å². The fourth-order valence-corrected chi connectivity index (χ4v) is 5.01. The molecule has 0 amide bonds. The van der Waals surface area contributed by atoms with Gasteiger partial charge in [-0.2, -0.15) is 26.3 Å². The Morgan fingerprint density at radius 2 is 1.70 bits per heavy atom. The van der Waals surface area contributed by atoms with Crippen LogP contribution in [-0.4, -0.2) is 39.0 Å². The summed E-state index contributed by atoms with van der Waals surface area (Å²) in [5.74, 6) is 0.837. The minimum Gasteiger partial charge on any atom is -0.340 e. The van der Waals surface area contributed by atoms with Gasteiger partial charge >= 0.3 is 12.4 Å². The molecule has 1 aliphatic heterocycles. The highest BCUT2D eigenvalue weighted by Crippen LogP contribution is 2.37. The van der Waals surface area contributed by atoms with Crippen molar-refractivity contribution in [2.24, 2.45) is 0 Å². The van der Waals surface area contributed by atoms with Crippen LogP contribution in [0.5, 0.6) is 0 Å². The van der Waals surface area contributed by atoms with E-state index in [4.69, 9.17) is 0 Å². The van der Waals surface area contributed by atoms with Crippen LogP contribution >= 0.6 is 0 Å². The lowest BCUT2D eigenvalue weighted by Crippen LogP contribution is -2.38. The molecule has 3 heterocycles. The van der Waals surface area contributed by atoms with Gasteiger partial charge in [-0.15, -0.1) is 0 Å². The molecule has 5 rings (SSSR count). The normalized spacial score (nSPS) is 16.8. The number of likely N-dealkylation sites (tertiary alicyclic amines) is 1. The van der Waals surface area contributed by atoms with Gasteiger partial charge < -0.3 is 10.2 Å². The van der Waals surface area contributed by atoms with Crippen LogP contribution in [0.4, 0.5) is 37.8 Å². The predicted octanol–water partition coefficient (Wildman–Crippen LogP) is 7.89. The van der Waals surface area contributed by atoms with E-state index in [1.807, 2.05) is 0 Å². The van der Waals surface area contributed by atoms with E-state index in [9.17, 15) is 26.3 Å². The Morgan fingerprint density at radius 1 is 0.925 bits per heavy atom. The molecule has 1 saturated heterocycles. The van der Waals surface area contributed by atoms with Gasteiger partial charge in [-0.25, -0.2) is 9.97 Å². The number of hydrogen-bond donors (Lipinski definition) is 1. The van der Waals surface area contributed by atoms with Crippen molar-refractivity contribution in [2.45, 2.75) is 51.0 Å². The highest BCUT2D eigenvalue weighted by Gasteiger charge is 2.34. The fraction of sp³-hybridized carbons (Fsp3) is 0.345. The summed E-state index contributed by atoms with van der Waals surface area (Å²) in [5, 5.41) is 3.60. The minimum atomic E-state index is -4.59. The third-order valence-electron chi connectivity index (χ3n) is 7.17. The average Bonchev–Trinajstić information content (AvgIpc) is 2.91. The number of piperidine rings is 1. The quantitative estimate of drug-likeness (QED) is 0.244. The summed E-state index contributed by atoms with van der Waals surface area (Å²) < 4.78 is 80.1. The second kappa shape index (κ2) is 11.0. The Hall–Kier alpha value is -3.73. The number of alkyl halides is 6. The molecule has 5 nitrogen and oxygen atoms in total. The Labute approximate surface area is 227 Å². The number of benzene rings is 2. The third kappa shape index (κ3) is 6.19. The van der Waals surface area contributed by atoms with Gasteiger partial charge in [-0.1, -0.05) is 12.5 Å². The molecule has 4 aromatic rings. The number of hydrogen-bond acceptors (Lipinski definition) is 5. The molecule has 1 N–H and O–H groups in total. The summed E-state index contributed by atoms with van der Waals surface area (Å²) in [7, 11) is 0. The molecule has 1 atom stereocenters. The van der Waals surface area contributed by atoms with Crippen LogP contribution in [0.15, 0.2) is 60.8 Å².